The molecule has 0 spiro atoms. The van der Waals surface area contributed by atoms with Gasteiger partial charge in [0.05, 0.1) is 5.69 Å². The average molecular weight is 1220 g/mol. The fraction of sp³-hybridized carbons (Fsp3) is 0.459. The van der Waals surface area contributed by atoms with Crippen LogP contribution in [-0.4, -0.2) is 174 Å². The number of hydrogen-bond donors (Lipinski definition) is 5. The van der Waals surface area contributed by atoms with Gasteiger partial charge in [0.1, 0.15) is 42.5 Å². The minimum Gasteiger partial charge on any atom is -0.492 e. The molecule has 460 valence electrons. The van der Waals surface area contributed by atoms with Gasteiger partial charge in [0.2, 0.25) is 5.91 Å². The van der Waals surface area contributed by atoms with Crippen molar-refractivity contribution >= 4 is 109 Å². The zero-order valence-corrected chi connectivity index (χ0v) is 50.6. The summed E-state index contributed by atoms with van der Waals surface area (Å²) in [6.45, 7) is 9.46. The van der Waals surface area contributed by atoms with Crippen LogP contribution < -0.4 is 35.6 Å². The first-order valence-corrected chi connectivity index (χ1v) is 30.3. The van der Waals surface area contributed by atoms with Crippen molar-refractivity contribution in [3.63, 3.8) is 0 Å². The molecule has 3 atom stereocenters. The van der Waals surface area contributed by atoms with E-state index < -0.39 is 54.0 Å². The number of nitrogens with two attached hydrogens (primary N) is 1. The number of carboxylic acid groups (broad SMARTS) is 1. The molecule has 5 aromatic rings. The number of alkyl halides is 1. The Morgan fingerprint density at radius 2 is 1.59 bits per heavy atom. The third kappa shape index (κ3) is 15.8. The highest BCUT2D eigenvalue weighted by Gasteiger charge is 2.39. The molecular weight excluding hydrogens is 1150 g/mol. The fourth-order valence-corrected chi connectivity index (χ4v) is 12.2. The molecule has 0 bridgehead atoms. The van der Waals surface area contributed by atoms with E-state index in [1.165, 1.54) is 72.4 Å². The number of thiophene rings is 1. The summed E-state index contributed by atoms with van der Waals surface area (Å²) in [5, 5.41) is 17.3. The van der Waals surface area contributed by atoms with E-state index in [1.807, 2.05) is 37.3 Å². The number of aromatic amines is 1. The number of fused-ring (bicyclic) bond motifs is 4. The zero-order valence-electron chi connectivity index (χ0n) is 49.1. The Balaban J connectivity index is 0.871. The molecule has 1 saturated heterocycles. The van der Waals surface area contributed by atoms with Crippen LogP contribution in [0.4, 0.5) is 25.8 Å². The molecule has 2 aromatic heterocycles. The lowest BCUT2D eigenvalue weighted by Crippen LogP contribution is -2.56. The van der Waals surface area contributed by atoms with E-state index >= 15 is 0 Å². The van der Waals surface area contributed by atoms with Crippen molar-refractivity contribution in [2.45, 2.75) is 96.7 Å². The maximum Gasteiger partial charge on any atom is 0.415 e. The second-order valence-corrected chi connectivity index (χ2v) is 23.8. The van der Waals surface area contributed by atoms with E-state index in [0.29, 0.717) is 54.7 Å². The number of unbranched alkanes of at least 4 members (excludes halogenated alkanes) is 2. The number of amides is 9. The Labute approximate surface area is 507 Å². The summed E-state index contributed by atoms with van der Waals surface area (Å²) in [7, 11) is 3.05. The molecular formula is C61H75ClN10O13S. The van der Waals surface area contributed by atoms with Crippen molar-refractivity contribution in [2.75, 3.05) is 88.7 Å². The number of rotatable bonds is 28. The molecule has 0 radical (unpaired) electrons. The number of aliphatic carboxylic acids is 1. The van der Waals surface area contributed by atoms with Crippen molar-refractivity contribution in [1.29, 1.82) is 0 Å². The van der Waals surface area contributed by atoms with Gasteiger partial charge in [-0.25, -0.2) is 19.2 Å². The Morgan fingerprint density at radius 1 is 0.884 bits per heavy atom. The molecule has 3 aliphatic rings. The summed E-state index contributed by atoms with van der Waals surface area (Å²) < 4.78 is 18.7. The molecule has 0 aliphatic carbocycles. The van der Waals surface area contributed by atoms with Gasteiger partial charge in [-0.3, -0.25) is 38.7 Å². The number of carbonyl (C=O) groups excluding carboxylic acids is 8. The zero-order chi connectivity index (χ0) is 61.8. The highest BCUT2D eigenvalue weighted by Crippen LogP contribution is 2.49. The van der Waals surface area contributed by atoms with Crippen LogP contribution in [0, 0.1) is 12.8 Å². The summed E-state index contributed by atoms with van der Waals surface area (Å²) >= 11 is 8.13. The lowest BCUT2D eigenvalue weighted by Gasteiger charge is -2.34. The van der Waals surface area contributed by atoms with Crippen molar-refractivity contribution in [3.8, 4) is 11.5 Å². The van der Waals surface area contributed by atoms with E-state index in [1.54, 1.807) is 36.9 Å². The SMILES string of the molecule is Cc1cc2c(OC(=O)N(C)CCN(C)C(=O)OCc3ccc(N(C(=O)[C@@H](NC(=O)CCCCCN4C(=O)C=CC4=O)C(C)C)[C@@H](CCCNC(N)=O)C(=O)O)cc3)cc3c(c2s1)[C@H](CCl)CN3C(=O)c1cc2cc(OCCN3CCCC3)ccc2[nH]1. The van der Waals surface area contributed by atoms with Gasteiger partial charge in [-0.2, -0.15) is 0 Å². The number of aryl methyl sites for hydroxylation is 1. The third-order valence-corrected chi connectivity index (χ3v) is 17.0. The first-order valence-electron chi connectivity index (χ1n) is 29.0. The van der Waals surface area contributed by atoms with Crippen LogP contribution in [0.25, 0.3) is 21.0 Å². The molecule has 23 nitrogen and oxygen atoms in total. The van der Waals surface area contributed by atoms with Crippen molar-refractivity contribution in [3.05, 3.63) is 94.5 Å². The number of H-pyrrole nitrogens is 1. The number of nitrogens with zero attached hydrogens (tertiary/aromatic N) is 6. The number of imide groups is 1. The fourth-order valence-electron chi connectivity index (χ4n) is 10.8. The van der Waals surface area contributed by atoms with Gasteiger partial charge >= 0.3 is 24.2 Å². The number of urea groups is 1. The Bertz CT molecular complexity index is 3340. The Kier molecular flexibility index (Phi) is 21.7. The minimum atomic E-state index is -1.44. The number of hydrogen-bond acceptors (Lipinski definition) is 14. The number of aromatic nitrogens is 1. The molecule has 1 fully saturated rings. The monoisotopic (exact) mass is 1220 g/mol. The van der Waals surface area contributed by atoms with Gasteiger partial charge in [-0.1, -0.05) is 32.4 Å². The molecule has 3 aromatic carbocycles. The molecule has 86 heavy (non-hydrogen) atoms. The van der Waals surface area contributed by atoms with Crippen LogP contribution in [0.2, 0.25) is 0 Å². The van der Waals surface area contributed by atoms with Crippen LogP contribution in [-0.2, 0) is 35.3 Å². The molecule has 3 aliphatic heterocycles. The van der Waals surface area contributed by atoms with Crippen molar-refractivity contribution in [2.24, 2.45) is 11.7 Å². The van der Waals surface area contributed by atoms with Crippen LogP contribution in [0.15, 0.2) is 72.8 Å². The summed E-state index contributed by atoms with van der Waals surface area (Å²) in [5.41, 5.74) is 8.58. The lowest BCUT2D eigenvalue weighted by atomic mass is 9.99. The number of primary amides is 1. The number of nitrogens with one attached hydrogen (secondary N) is 3. The molecule has 9 amide bonds. The maximum absolute atomic E-state index is 14.5. The minimum absolute atomic E-state index is 0.0321. The van der Waals surface area contributed by atoms with Gasteiger partial charge in [-0.15, -0.1) is 22.9 Å². The van der Waals surface area contributed by atoms with E-state index in [2.05, 4.69) is 20.5 Å². The van der Waals surface area contributed by atoms with E-state index in [4.69, 9.17) is 31.5 Å². The number of ether oxygens (including phenoxy) is 3. The van der Waals surface area contributed by atoms with Gasteiger partial charge in [0.15, 0.2) is 0 Å². The largest absolute Gasteiger partial charge is 0.492 e. The molecule has 8 rings (SSSR count). The predicted molar refractivity (Wildman–Crippen MR) is 326 cm³/mol. The molecule has 6 N–H and O–H groups in total. The number of carbonyl (C=O) groups is 9. The molecule has 25 heteroatoms. The second-order valence-electron chi connectivity index (χ2n) is 22.2. The number of likely N-dealkylation sites (N-methyl/N-ethyl adjacent to an activating group) is 2. The van der Waals surface area contributed by atoms with E-state index in [-0.39, 0.29) is 93.0 Å². The molecule has 0 saturated carbocycles. The summed E-state index contributed by atoms with van der Waals surface area (Å²) in [6, 6.07) is 14.0. The summed E-state index contributed by atoms with van der Waals surface area (Å²) in [4.78, 5) is 131. The average Bonchev–Trinajstić information content (AvgIpc) is 1.62. The van der Waals surface area contributed by atoms with Crippen molar-refractivity contribution in [1.82, 2.24) is 35.2 Å². The number of halogens is 1. The molecule has 5 heterocycles. The summed E-state index contributed by atoms with van der Waals surface area (Å²) in [6.07, 6.45) is 4.91. The standard InChI is InChI=1S/C61H75ClN10O13S/c1-37(2)54(66-50(73)13-7-6-8-25-70-51(74)20-21-52(70)75)57(77)72(47(58(78)79)12-11-22-64-59(63)80)42-16-14-39(15-17-42)36-84-60(81)67(4)26-27-68(5)61(82)85-49-33-48-53(55-44(49)30-38(3)86-55)41(34-62)35-71(48)56(76)46-32-40-31-43(18-19-45(40)65-46)83-29-28-69-23-9-10-24-69/h14-21,30-33,37,41,47,54,65H,6-13,22-29,34-36H2,1-5H3,(H,66,73)(H,78,79)(H3,63,64,80)/t41-,47+,54+/m1/s1. The Hall–Kier alpha value is -8.22. The Morgan fingerprint density at radius 3 is 2.27 bits per heavy atom. The highest BCUT2D eigenvalue weighted by molar-refractivity contribution is 7.19. The lowest BCUT2D eigenvalue weighted by molar-refractivity contribution is -0.141. The number of likely N-dealkylation sites (tertiary alicyclic amines) is 1. The quantitative estimate of drug-likeness (QED) is 0.0182. The van der Waals surface area contributed by atoms with Crippen LogP contribution >= 0.6 is 22.9 Å². The van der Waals surface area contributed by atoms with Crippen LogP contribution in [0.5, 0.6) is 11.5 Å². The molecule has 0 unspecified atom stereocenters. The highest BCUT2D eigenvalue weighted by atomic mass is 35.5. The topological polar surface area (TPSA) is 287 Å². The number of carboxylic acids is 1. The van der Waals surface area contributed by atoms with Gasteiger partial charge in [0, 0.05) is 127 Å². The third-order valence-electron chi connectivity index (χ3n) is 15.5. The van der Waals surface area contributed by atoms with Gasteiger partial charge in [0.25, 0.3) is 23.6 Å². The number of benzene rings is 3. The van der Waals surface area contributed by atoms with Gasteiger partial charge in [-0.05, 0) is 112 Å². The van der Waals surface area contributed by atoms with Crippen LogP contribution in [0.3, 0.4) is 0 Å². The first kappa shape index (κ1) is 63.8. The van der Waals surface area contributed by atoms with Crippen LogP contribution in [0.1, 0.15) is 97.6 Å². The van der Waals surface area contributed by atoms with Crippen molar-refractivity contribution < 1.29 is 62.5 Å². The predicted octanol–water partition coefficient (Wildman–Crippen LogP) is 7.71. The smallest absolute Gasteiger partial charge is 0.415 e. The second kappa shape index (κ2) is 29.2. The van der Waals surface area contributed by atoms with Gasteiger partial charge < -0.3 is 55.4 Å². The number of anilines is 2. The maximum atomic E-state index is 14.5. The normalized spacial score (nSPS) is 15.5. The van der Waals surface area contributed by atoms with E-state index in [9.17, 15) is 48.3 Å². The first-order chi connectivity index (χ1) is 41.2. The van der Waals surface area contributed by atoms with E-state index in [0.717, 1.165) is 61.2 Å². The summed E-state index contributed by atoms with van der Waals surface area (Å²) in [5.74, 6) is -2.92.